The lowest BCUT2D eigenvalue weighted by Gasteiger charge is -2.25. The number of allylic oxidation sites excluding steroid dienone is 2. The van der Waals surface area contributed by atoms with Crippen LogP contribution >= 0.6 is 0 Å². The fourth-order valence-corrected chi connectivity index (χ4v) is 5.13. The Balaban J connectivity index is 1.36. The van der Waals surface area contributed by atoms with E-state index in [2.05, 4.69) is 15.6 Å². The van der Waals surface area contributed by atoms with Gasteiger partial charge in [0.2, 0.25) is 11.8 Å². The van der Waals surface area contributed by atoms with Crippen LogP contribution in [0.1, 0.15) is 35.9 Å². The molecule has 1 aromatic heterocycles. The first kappa shape index (κ1) is 29.7. The predicted molar refractivity (Wildman–Crippen MR) is 161 cm³/mol. The predicted octanol–water partition coefficient (Wildman–Crippen LogP) is 4.07. The summed E-state index contributed by atoms with van der Waals surface area (Å²) in [5, 5.41) is 15.7. The van der Waals surface area contributed by atoms with Crippen LogP contribution in [0.25, 0.3) is 11.1 Å². The summed E-state index contributed by atoms with van der Waals surface area (Å²) in [6.07, 6.45) is 4.62. The van der Waals surface area contributed by atoms with Crippen LogP contribution in [-0.2, 0) is 32.0 Å². The van der Waals surface area contributed by atoms with E-state index in [1.54, 1.807) is 12.2 Å². The minimum atomic E-state index is -1.06. The molecule has 3 aromatic carbocycles. The number of rotatable bonds is 8. The Kier molecular flexibility index (Phi) is 9.97. The number of benzene rings is 3. The molecule has 0 saturated heterocycles. The number of para-hydroxylation sites is 2. The topological polar surface area (TPSA) is 131 Å². The van der Waals surface area contributed by atoms with Crippen LogP contribution in [0.2, 0.25) is 0 Å². The molecule has 0 bridgehead atoms. The van der Waals surface area contributed by atoms with Crippen molar-refractivity contribution in [3.8, 4) is 0 Å². The van der Waals surface area contributed by atoms with Crippen molar-refractivity contribution < 1.29 is 28.6 Å². The van der Waals surface area contributed by atoms with E-state index in [1.165, 1.54) is 0 Å². The summed E-state index contributed by atoms with van der Waals surface area (Å²) in [7, 11) is 0. The molecule has 9 nitrogen and oxygen atoms in total. The van der Waals surface area contributed by atoms with E-state index >= 15 is 0 Å². The molecule has 1 aliphatic rings. The summed E-state index contributed by atoms with van der Waals surface area (Å²) in [6.45, 7) is -0.380. The van der Waals surface area contributed by atoms with Crippen LogP contribution in [0.3, 0.4) is 0 Å². The number of ether oxygens (including phenoxy) is 1. The van der Waals surface area contributed by atoms with E-state index in [0.717, 1.165) is 11.1 Å². The average molecular weight is 582 g/mol. The number of aliphatic hydroxyl groups is 1. The number of hydrogen-bond donors (Lipinski definition) is 3. The van der Waals surface area contributed by atoms with Gasteiger partial charge in [-0.05, 0) is 42.5 Å². The molecule has 0 aliphatic carbocycles. The van der Waals surface area contributed by atoms with Gasteiger partial charge in [-0.1, -0.05) is 84.9 Å². The number of oxazole rings is 1. The maximum absolute atomic E-state index is 13.5. The lowest BCUT2D eigenvalue weighted by Crippen LogP contribution is -2.48. The number of nitrogens with one attached hydrogen (secondary N) is 2. The van der Waals surface area contributed by atoms with Gasteiger partial charge in [0.05, 0.1) is 24.6 Å². The van der Waals surface area contributed by atoms with E-state index < -0.39 is 41.7 Å². The number of esters is 1. The first-order chi connectivity index (χ1) is 21.0. The van der Waals surface area contributed by atoms with Crippen molar-refractivity contribution in [2.75, 3.05) is 13.2 Å². The largest absolute Gasteiger partial charge is 0.463 e. The third kappa shape index (κ3) is 7.96. The SMILES string of the molecule is O=C1OCC(c2ccccc2)NC(=O)C(C(=O)N[C@@H](CO)Cc2ccccc2)CC=CCC1Cc1nc2ccccc2o1. The number of cyclic esters (lactones) is 1. The zero-order chi connectivity index (χ0) is 30.0. The maximum Gasteiger partial charge on any atom is 0.309 e. The number of carbonyl (C=O) groups is 3. The van der Waals surface area contributed by atoms with Crippen molar-refractivity contribution in [3.63, 3.8) is 0 Å². The average Bonchev–Trinajstić information content (AvgIpc) is 3.44. The molecule has 2 heterocycles. The monoisotopic (exact) mass is 581 g/mol. The Bertz CT molecular complexity index is 1520. The fraction of sp³-hybridized carbons (Fsp3) is 0.294. The van der Waals surface area contributed by atoms with E-state index in [-0.39, 0.29) is 26.1 Å². The summed E-state index contributed by atoms with van der Waals surface area (Å²) in [5.41, 5.74) is 3.05. The lowest BCUT2D eigenvalue weighted by molar-refractivity contribution is -0.150. The van der Waals surface area contributed by atoms with Crippen molar-refractivity contribution in [1.29, 1.82) is 0 Å². The van der Waals surface area contributed by atoms with Gasteiger partial charge in [0.1, 0.15) is 18.0 Å². The Morgan fingerprint density at radius 2 is 1.65 bits per heavy atom. The minimum Gasteiger partial charge on any atom is -0.463 e. The van der Waals surface area contributed by atoms with Gasteiger partial charge in [0.15, 0.2) is 11.5 Å². The maximum atomic E-state index is 13.5. The highest BCUT2D eigenvalue weighted by Gasteiger charge is 2.31. The molecule has 43 heavy (non-hydrogen) atoms. The van der Waals surface area contributed by atoms with Crippen molar-refractivity contribution >= 4 is 28.9 Å². The van der Waals surface area contributed by atoms with Crippen molar-refractivity contribution in [3.05, 3.63) is 114 Å². The van der Waals surface area contributed by atoms with Gasteiger partial charge in [-0.25, -0.2) is 4.98 Å². The normalized spacial score (nSPS) is 20.3. The second-order valence-corrected chi connectivity index (χ2v) is 10.7. The molecule has 0 fully saturated rings. The third-order valence-electron chi connectivity index (χ3n) is 7.49. The standard InChI is InChI=1S/C34H35N3O6/c38-21-26(19-23-11-3-1-4-12-23)35-32(39)27-16-8-7-15-25(20-31-36-28-17-9-10-18-30(28)43-31)34(41)42-22-29(37-33(27)40)24-13-5-2-6-14-24/h1-14,17-18,25-27,29,38H,15-16,19-22H2,(H,35,39)(H,37,40)/t25?,26-,27?,29?/m1/s1. The van der Waals surface area contributed by atoms with Crippen LogP contribution in [-0.4, -0.2) is 47.1 Å². The van der Waals surface area contributed by atoms with Crippen molar-refractivity contribution in [2.45, 2.75) is 37.8 Å². The number of nitrogens with zero attached hydrogens (tertiary/aromatic N) is 1. The van der Waals surface area contributed by atoms with Crippen molar-refractivity contribution in [2.24, 2.45) is 11.8 Å². The Morgan fingerprint density at radius 3 is 2.40 bits per heavy atom. The molecule has 4 atom stereocenters. The molecule has 222 valence electrons. The second kappa shape index (κ2) is 14.4. The van der Waals surface area contributed by atoms with E-state index in [4.69, 9.17) is 9.15 Å². The quantitative estimate of drug-likeness (QED) is 0.162. The van der Waals surface area contributed by atoms with Gasteiger partial charge >= 0.3 is 5.97 Å². The molecule has 1 aliphatic heterocycles. The van der Waals surface area contributed by atoms with Crippen molar-refractivity contribution in [1.82, 2.24) is 15.6 Å². The highest BCUT2D eigenvalue weighted by atomic mass is 16.5. The number of aromatic nitrogens is 1. The molecule has 3 N–H and O–H groups in total. The fourth-order valence-electron chi connectivity index (χ4n) is 5.13. The molecule has 5 rings (SSSR count). The first-order valence-electron chi connectivity index (χ1n) is 14.5. The molecule has 2 amide bonds. The molecule has 0 spiro atoms. The highest BCUT2D eigenvalue weighted by Crippen LogP contribution is 2.23. The molecule has 9 heteroatoms. The van der Waals surface area contributed by atoms with Crippen LogP contribution in [0.15, 0.2) is 101 Å². The molecule has 3 unspecified atom stereocenters. The van der Waals surface area contributed by atoms with E-state index in [1.807, 2.05) is 84.9 Å². The summed E-state index contributed by atoms with van der Waals surface area (Å²) in [5.74, 6) is -2.61. The van der Waals surface area contributed by atoms with Crippen LogP contribution < -0.4 is 10.6 Å². The van der Waals surface area contributed by atoms with Gasteiger partial charge < -0.3 is 24.9 Å². The summed E-state index contributed by atoms with van der Waals surface area (Å²) in [6, 6.07) is 24.9. The smallest absolute Gasteiger partial charge is 0.309 e. The zero-order valence-electron chi connectivity index (χ0n) is 23.7. The summed E-state index contributed by atoms with van der Waals surface area (Å²) in [4.78, 5) is 44.7. The molecular weight excluding hydrogens is 546 g/mol. The zero-order valence-corrected chi connectivity index (χ0v) is 23.7. The minimum absolute atomic E-state index is 0.107. The lowest BCUT2D eigenvalue weighted by atomic mass is 9.97. The number of amides is 2. The number of carbonyl (C=O) groups excluding carboxylic acids is 3. The summed E-state index contributed by atoms with van der Waals surface area (Å²) >= 11 is 0. The van der Waals surface area contributed by atoms with Gasteiger partial charge in [-0.3, -0.25) is 14.4 Å². The van der Waals surface area contributed by atoms with E-state index in [9.17, 15) is 19.5 Å². The Morgan fingerprint density at radius 1 is 0.953 bits per heavy atom. The van der Waals surface area contributed by atoms with Gasteiger partial charge in [-0.15, -0.1) is 0 Å². The van der Waals surface area contributed by atoms with Crippen LogP contribution in [0.5, 0.6) is 0 Å². The Labute approximate surface area is 250 Å². The number of hydrogen-bond acceptors (Lipinski definition) is 7. The molecular formula is C34H35N3O6. The second-order valence-electron chi connectivity index (χ2n) is 10.7. The van der Waals surface area contributed by atoms with Gasteiger partial charge in [0, 0.05) is 6.42 Å². The van der Waals surface area contributed by atoms with Crippen LogP contribution in [0.4, 0.5) is 0 Å². The van der Waals surface area contributed by atoms with Gasteiger partial charge in [0.25, 0.3) is 0 Å². The van der Waals surface area contributed by atoms with E-state index in [0.29, 0.717) is 29.8 Å². The Hall–Kier alpha value is -4.76. The first-order valence-corrected chi connectivity index (χ1v) is 14.5. The molecule has 4 aromatic rings. The molecule has 0 saturated carbocycles. The number of aliphatic hydroxyl groups excluding tert-OH is 1. The highest BCUT2D eigenvalue weighted by molar-refractivity contribution is 6.00. The molecule has 0 radical (unpaired) electrons. The summed E-state index contributed by atoms with van der Waals surface area (Å²) < 4.78 is 11.6. The van der Waals surface area contributed by atoms with Crippen LogP contribution in [0, 0.1) is 11.8 Å². The number of fused-ring (bicyclic) bond motifs is 1. The third-order valence-corrected chi connectivity index (χ3v) is 7.49. The van der Waals surface area contributed by atoms with Gasteiger partial charge in [-0.2, -0.15) is 0 Å².